The second-order valence-corrected chi connectivity index (χ2v) is 8.40. The summed E-state index contributed by atoms with van der Waals surface area (Å²) in [7, 11) is 0. The molecule has 5 nitrogen and oxygen atoms in total. The fraction of sp³-hybridized carbons (Fsp3) is 0.529. The molecule has 3 atom stereocenters. The first kappa shape index (κ1) is 17.2. The lowest BCUT2D eigenvalue weighted by atomic mass is 9.94. The number of ether oxygens (including phenoxy) is 1. The Bertz CT molecular complexity index is 717. The van der Waals surface area contributed by atoms with Gasteiger partial charge in [-0.25, -0.2) is 14.0 Å². The Balaban J connectivity index is 1.94. The second-order valence-electron chi connectivity index (χ2n) is 7.48. The maximum atomic E-state index is 14.3. The van der Waals surface area contributed by atoms with Crippen LogP contribution in [0.4, 0.5) is 9.18 Å². The number of piperidine rings is 1. The quantitative estimate of drug-likeness (QED) is 0.825. The van der Waals surface area contributed by atoms with Gasteiger partial charge in [-0.3, -0.25) is 4.90 Å². The van der Waals surface area contributed by atoms with E-state index in [0.717, 1.165) is 4.47 Å². The molecule has 3 rings (SSSR count). The highest BCUT2D eigenvalue weighted by Gasteiger charge is 2.69. The highest BCUT2D eigenvalue weighted by Crippen LogP contribution is 2.62. The molecule has 2 fully saturated rings. The average Bonchev–Trinajstić information content (AvgIpc) is 3.05. The molecule has 1 saturated carbocycles. The number of carboxylic acid groups (broad SMARTS) is 1. The predicted molar refractivity (Wildman–Crippen MR) is 88.2 cm³/mol. The van der Waals surface area contributed by atoms with Crippen molar-refractivity contribution in [1.29, 1.82) is 0 Å². The van der Waals surface area contributed by atoms with E-state index in [4.69, 9.17) is 4.74 Å². The van der Waals surface area contributed by atoms with Crippen LogP contribution in [0.15, 0.2) is 22.7 Å². The monoisotopic (exact) mass is 399 g/mol. The van der Waals surface area contributed by atoms with Gasteiger partial charge >= 0.3 is 12.1 Å². The first-order valence-electron chi connectivity index (χ1n) is 7.73. The summed E-state index contributed by atoms with van der Waals surface area (Å²) < 4.78 is 20.4. The first-order chi connectivity index (χ1) is 11.0. The molecule has 1 aliphatic heterocycles. The SMILES string of the molecule is CC(C)(C)OC(=O)N1C[C@@]2(c3cc(Br)ccc3F)C[C@H]2[C@@H]1C(=O)O. The van der Waals surface area contributed by atoms with Gasteiger partial charge in [-0.05, 0) is 51.0 Å². The van der Waals surface area contributed by atoms with E-state index in [1.165, 1.54) is 11.0 Å². The van der Waals surface area contributed by atoms with Crippen LogP contribution in [0.25, 0.3) is 0 Å². The number of carboxylic acids is 1. The number of amides is 1. The van der Waals surface area contributed by atoms with Gasteiger partial charge in [0.05, 0.1) is 0 Å². The summed E-state index contributed by atoms with van der Waals surface area (Å²) >= 11 is 3.33. The zero-order valence-corrected chi connectivity index (χ0v) is 15.3. The highest BCUT2D eigenvalue weighted by atomic mass is 79.9. The second kappa shape index (κ2) is 5.44. The number of hydrogen-bond donors (Lipinski definition) is 1. The summed E-state index contributed by atoms with van der Waals surface area (Å²) in [5.74, 6) is -1.76. The Morgan fingerprint density at radius 2 is 2.08 bits per heavy atom. The number of benzene rings is 1. The van der Waals surface area contributed by atoms with Gasteiger partial charge in [-0.2, -0.15) is 0 Å². The molecule has 130 valence electrons. The van der Waals surface area contributed by atoms with Gasteiger partial charge in [0.15, 0.2) is 0 Å². The molecule has 0 aromatic heterocycles. The van der Waals surface area contributed by atoms with Crippen LogP contribution in [-0.4, -0.2) is 40.3 Å². The summed E-state index contributed by atoms with van der Waals surface area (Å²) in [6, 6.07) is 3.64. The topological polar surface area (TPSA) is 66.8 Å². The largest absolute Gasteiger partial charge is 0.480 e. The van der Waals surface area contributed by atoms with Gasteiger partial charge in [0.25, 0.3) is 0 Å². The van der Waals surface area contributed by atoms with Crippen molar-refractivity contribution >= 4 is 28.0 Å². The zero-order valence-electron chi connectivity index (χ0n) is 13.7. The van der Waals surface area contributed by atoms with Crippen LogP contribution < -0.4 is 0 Å². The number of likely N-dealkylation sites (tertiary alicyclic amines) is 1. The highest BCUT2D eigenvalue weighted by molar-refractivity contribution is 9.10. The summed E-state index contributed by atoms with van der Waals surface area (Å²) in [6.07, 6.45) is -0.117. The number of halogens is 2. The fourth-order valence-corrected chi connectivity index (χ4v) is 3.99. The Hall–Kier alpha value is -1.63. The van der Waals surface area contributed by atoms with Crippen molar-refractivity contribution in [3.8, 4) is 0 Å². The van der Waals surface area contributed by atoms with E-state index >= 15 is 0 Å². The van der Waals surface area contributed by atoms with Crippen molar-refractivity contribution in [3.05, 3.63) is 34.1 Å². The smallest absolute Gasteiger partial charge is 0.411 e. The van der Waals surface area contributed by atoms with Gasteiger partial charge in [0.1, 0.15) is 17.5 Å². The Morgan fingerprint density at radius 3 is 2.67 bits per heavy atom. The third-order valence-electron chi connectivity index (χ3n) is 4.65. The third kappa shape index (κ3) is 2.79. The van der Waals surface area contributed by atoms with E-state index < -0.39 is 29.1 Å². The van der Waals surface area contributed by atoms with Crippen LogP contribution in [0.3, 0.4) is 0 Å². The molecule has 0 spiro atoms. The molecule has 1 amide bonds. The van der Waals surface area contributed by atoms with E-state index in [0.29, 0.717) is 12.0 Å². The molecule has 1 aliphatic carbocycles. The number of aliphatic carboxylic acids is 1. The van der Waals surface area contributed by atoms with Crippen molar-refractivity contribution in [1.82, 2.24) is 4.90 Å². The maximum Gasteiger partial charge on any atom is 0.411 e. The van der Waals surface area contributed by atoms with Crippen LogP contribution in [0.5, 0.6) is 0 Å². The Kier molecular flexibility index (Phi) is 3.90. The van der Waals surface area contributed by atoms with Crippen molar-refractivity contribution in [2.45, 2.75) is 44.2 Å². The molecule has 24 heavy (non-hydrogen) atoms. The number of carbonyl (C=O) groups excluding carboxylic acids is 1. The van der Waals surface area contributed by atoms with Crippen LogP contribution in [0, 0.1) is 11.7 Å². The lowest BCUT2D eigenvalue weighted by Gasteiger charge is -2.29. The lowest BCUT2D eigenvalue weighted by Crippen LogP contribution is -2.46. The molecule has 1 heterocycles. The minimum absolute atomic E-state index is 0.150. The van der Waals surface area contributed by atoms with E-state index in [2.05, 4.69) is 15.9 Å². The van der Waals surface area contributed by atoms with Crippen LogP contribution in [0.1, 0.15) is 32.8 Å². The number of nitrogens with zero attached hydrogens (tertiary/aromatic N) is 1. The van der Waals surface area contributed by atoms with Gasteiger partial charge in [-0.1, -0.05) is 15.9 Å². The molecule has 1 N–H and O–H groups in total. The number of carbonyl (C=O) groups is 2. The van der Waals surface area contributed by atoms with Crippen LogP contribution in [-0.2, 0) is 14.9 Å². The van der Waals surface area contributed by atoms with Gasteiger partial charge in [-0.15, -0.1) is 0 Å². The van der Waals surface area contributed by atoms with Crippen molar-refractivity contribution in [3.63, 3.8) is 0 Å². The first-order valence-corrected chi connectivity index (χ1v) is 8.52. The molecule has 7 heteroatoms. The van der Waals surface area contributed by atoms with Gasteiger partial charge in [0, 0.05) is 22.4 Å². The standard InChI is InChI=1S/C17H19BrFNO4/c1-16(2,3)24-15(23)20-8-17(7-11(17)13(20)14(21)22)10-6-9(18)4-5-12(10)19/h4-6,11,13H,7-8H2,1-3H3,(H,21,22)/t11-,13+,17+/m0/s1. The average molecular weight is 400 g/mol. The Labute approximate surface area is 147 Å². The van der Waals surface area contributed by atoms with Crippen molar-refractivity contribution in [2.24, 2.45) is 5.92 Å². The molecule has 2 aliphatic rings. The summed E-state index contributed by atoms with van der Waals surface area (Å²) in [4.78, 5) is 25.3. The molecule has 0 radical (unpaired) electrons. The normalized spacial score (nSPS) is 28.5. The number of hydrogen-bond acceptors (Lipinski definition) is 3. The van der Waals surface area contributed by atoms with Gasteiger partial charge in [0.2, 0.25) is 0 Å². The molecule has 1 aromatic carbocycles. The van der Waals surface area contributed by atoms with E-state index in [1.807, 2.05) is 0 Å². The molecular formula is C17H19BrFNO4. The Morgan fingerprint density at radius 1 is 1.42 bits per heavy atom. The summed E-state index contributed by atoms with van der Waals surface area (Å²) in [5.41, 5.74) is -0.909. The zero-order chi connectivity index (χ0) is 17.9. The molecule has 1 saturated heterocycles. The van der Waals surface area contributed by atoms with E-state index in [9.17, 15) is 19.1 Å². The van der Waals surface area contributed by atoms with Crippen molar-refractivity contribution in [2.75, 3.05) is 6.54 Å². The van der Waals surface area contributed by atoms with E-state index in [1.54, 1.807) is 32.9 Å². The molecule has 0 bridgehead atoms. The molecule has 1 aromatic rings. The molecular weight excluding hydrogens is 381 g/mol. The minimum atomic E-state index is -1.08. The van der Waals surface area contributed by atoms with Gasteiger partial charge < -0.3 is 9.84 Å². The lowest BCUT2D eigenvalue weighted by molar-refractivity contribution is -0.142. The summed E-state index contributed by atoms with van der Waals surface area (Å²) in [5, 5.41) is 9.56. The number of rotatable bonds is 2. The third-order valence-corrected chi connectivity index (χ3v) is 5.14. The van der Waals surface area contributed by atoms with E-state index in [-0.39, 0.29) is 18.3 Å². The fourth-order valence-electron chi connectivity index (χ4n) is 3.63. The minimum Gasteiger partial charge on any atom is -0.480 e. The van der Waals surface area contributed by atoms with Crippen LogP contribution in [0.2, 0.25) is 0 Å². The van der Waals surface area contributed by atoms with Crippen LogP contribution >= 0.6 is 15.9 Å². The summed E-state index contributed by atoms with van der Waals surface area (Å²) in [6.45, 7) is 5.32. The predicted octanol–water partition coefficient (Wildman–Crippen LogP) is 3.55. The number of fused-ring (bicyclic) bond motifs is 1. The van der Waals surface area contributed by atoms with Crippen molar-refractivity contribution < 1.29 is 23.8 Å². The maximum absolute atomic E-state index is 14.3. The molecule has 0 unspecified atom stereocenters.